The molecule has 2 fully saturated rings. The van der Waals surface area contributed by atoms with Crippen LogP contribution >= 0.6 is 0 Å². The van der Waals surface area contributed by atoms with Crippen LogP contribution in [0, 0.1) is 23.0 Å². The Hall–Kier alpha value is -1.66. The van der Waals surface area contributed by atoms with Crippen molar-refractivity contribution in [1.29, 1.82) is 0 Å². The summed E-state index contributed by atoms with van der Waals surface area (Å²) in [4.78, 5) is 15.3. The first kappa shape index (κ1) is 16.2. The van der Waals surface area contributed by atoms with E-state index in [2.05, 4.69) is 9.80 Å². The van der Waals surface area contributed by atoms with Crippen LogP contribution in [0.1, 0.15) is 24.8 Å². The van der Waals surface area contributed by atoms with Crippen molar-refractivity contribution in [3.8, 4) is 0 Å². The second-order valence-electron chi connectivity index (χ2n) is 6.88. The quantitative estimate of drug-likeness (QED) is 0.680. The molecule has 126 valence electrons. The summed E-state index contributed by atoms with van der Waals surface area (Å²) in [6, 6.07) is 5.42. The van der Waals surface area contributed by atoms with E-state index in [4.69, 9.17) is 0 Å². The molecule has 2 aliphatic rings. The predicted molar refractivity (Wildman–Crippen MR) is 89.8 cm³/mol. The van der Waals surface area contributed by atoms with Crippen LogP contribution in [0.25, 0.3) is 0 Å². The Bertz CT molecular complexity index is 578. The van der Waals surface area contributed by atoms with Crippen molar-refractivity contribution in [2.24, 2.45) is 5.92 Å². The van der Waals surface area contributed by atoms with E-state index in [1.807, 2.05) is 12.1 Å². The largest absolute Gasteiger partial charge is 0.392 e. The number of nitro benzene ring substituents is 1. The molecule has 3 rings (SSSR count). The van der Waals surface area contributed by atoms with Crippen LogP contribution in [-0.4, -0.2) is 53.8 Å². The zero-order chi connectivity index (χ0) is 16.4. The number of likely N-dealkylation sites (tertiary alicyclic amines) is 1. The summed E-state index contributed by atoms with van der Waals surface area (Å²) in [5.74, 6) is 0.601. The minimum Gasteiger partial charge on any atom is -0.392 e. The third-order valence-corrected chi connectivity index (χ3v) is 5.03. The number of nitro groups is 1. The molecule has 2 heterocycles. The number of β-amino-alcohol motifs (C(OH)–C–C–N with tert-alkyl or cyclic N) is 1. The maximum Gasteiger partial charge on any atom is 0.272 e. The summed E-state index contributed by atoms with van der Waals surface area (Å²) >= 11 is 0. The van der Waals surface area contributed by atoms with Crippen molar-refractivity contribution in [1.82, 2.24) is 4.90 Å². The lowest BCUT2D eigenvalue weighted by Crippen LogP contribution is -2.40. The zero-order valence-corrected chi connectivity index (χ0v) is 13.6. The van der Waals surface area contributed by atoms with Crippen molar-refractivity contribution < 1.29 is 10.0 Å². The van der Waals surface area contributed by atoms with E-state index < -0.39 is 0 Å². The summed E-state index contributed by atoms with van der Waals surface area (Å²) in [6.45, 7) is 6.63. The number of benzene rings is 1. The van der Waals surface area contributed by atoms with E-state index >= 15 is 0 Å². The van der Waals surface area contributed by atoms with E-state index in [1.165, 1.54) is 6.42 Å². The standard InChI is InChI=1S/C17H25N3O3/c1-13-9-15(4-5-17(13)20(22)23)19-7-2-3-14(11-19)10-18-8-6-16(21)12-18/h4-5,9,14,16,21H,2-3,6-8,10-12H2,1H3/t14-,16+/m0/s1. The molecule has 0 unspecified atom stereocenters. The normalized spacial score (nSPS) is 25.7. The third kappa shape index (κ3) is 3.82. The highest BCUT2D eigenvalue weighted by molar-refractivity contribution is 5.55. The monoisotopic (exact) mass is 319 g/mol. The molecule has 0 saturated carbocycles. The molecule has 0 bridgehead atoms. The number of aliphatic hydroxyl groups is 1. The van der Waals surface area contributed by atoms with E-state index in [0.717, 1.165) is 56.8 Å². The minimum atomic E-state index is -0.323. The second kappa shape index (κ2) is 6.84. The Labute approximate surface area is 136 Å². The van der Waals surface area contributed by atoms with Gasteiger partial charge in [-0.1, -0.05) is 0 Å². The molecule has 2 saturated heterocycles. The molecular weight excluding hydrogens is 294 g/mol. The molecule has 1 aromatic rings. The molecule has 0 amide bonds. The number of nitrogens with zero attached hydrogens (tertiary/aromatic N) is 3. The van der Waals surface area contributed by atoms with Gasteiger partial charge in [0.15, 0.2) is 0 Å². The first-order valence-corrected chi connectivity index (χ1v) is 8.43. The number of anilines is 1. The maximum absolute atomic E-state index is 10.9. The number of aryl methyl sites for hydroxylation is 1. The minimum absolute atomic E-state index is 0.160. The first-order chi connectivity index (χ1) is 11.0. The summed E-state index contributed by atoms with van der Waals surface area (Å²) in [5.41, 5.74) is 1.99. The molecular formula is C17H25N3O3. The van der Waals surface area contributed by atoms with Crippen LogP contribution in [0.3, 0.4) is 0 Å². The van der Waals surface area contributed by atoms with Crippen LogP contribution in [0.4, 0.5) is 11.4 Å². The van der Waals surface area contributed by atoms with E-state index in [1.54, 1.807) is 13.0 Å². The molecule has 0 radical (unpaired) electrons. The molecule has 2 aliphatic heterocycles. The van der Waals surface area contributed by atoms with Gasteiger partial charge in [-0.3, -0.25) is 10.1 Å². The van der Waals surface area contributed by atoms with Gasteiger partial charge >= 0.3 is 0 Å². The van der Waals surface area contributed by atoms with Gasteiger partial charge in [-0.15, -0.1) is 0 Å². The third-order valence-electron chi connectivity index (χ3n) is 5.03. The van der Waals surface area contributed by atoms with Crippen LogP contribution in [0.2, 0.25) is 0 Å². The van der Waals surface area contributed by atoms with Gasteiger partial charge < -0.3 is 14.9 Å². The summed E-state index contributed by atoms with van der Waals surface area (Å²) in [7, 11) is 0. The SMILES string of the molecule is Cc1cc(N2CCC[C@@H](CN3CC[C@@H](O)C3)C2)ccc1[N+](=O)[O-]. The zero-order valence-electron chi connectivity index (χ0n) is 13.6. The lowest BCUT2D eigenvalue weighted by Gasteiger charge is -2.36. The van der Waals surface area contributed by atoms with Gasteiger partial charge in [-0.25, -0.2) is 0 Å². The summed E-state index contributed by atoms with van der Waals surface area (Å²) < 4.78 is 0. The molecule has 1 N–H and O–H groups in total. The van der Waals surface area contributed by atoms with Crippen molar-refractivity contribution in [2.75, 3.05) is 37.6 Å². The van der Waals surface area contributed by atoms with Gasteiger partial charge in [0.05, 0.1) is 11.0 Å². The van der Waals surface area contributed by atoms with Crippen molar-refractivity contribution in [3.05, 3.63) is 33.9 Å². The van der Waals surface area contributed by atoms with Gasteiger partial charge in [-0.05, 0) is 44.2 Å². The topological polar surface area (TPSA) is 69.8 Å². The van der Waals surface area contributed by atoms with Crippen LogP contribution in [-0.2, 0) is 0 Å². The Kier molecular flexibility index (Phi) is 4.82. The fraction of sp³-hybridized carbons (Fsp3) is 0.647. The number of rotatable bonds is 4. The second-order valence-corrected chi connectivity index (χ2v) is 6.88. The van der Waals surface area contributed by atoms with Crippen LogP contribution in [0.15, 0.2) is 18.2 Å². The Morgan fingerprint density at radius 2 is 2.13 bits per heavy atom. The highest BCUT2D eigenvalue weighted by Gasteiger charge is 2.26. The highest BCUT2D eigenvalue weighted by atomic mass is 16.6. The average molecular weight is 319 g/mol. The molecule has 1 aromatic carbocycles. The van der Waals surface area contributed by atoms with Crippen LogP contribution in [0.5, 0.6) is 0 Å². The average Bonchev–Trinajstić information content (AvgIpc) is 2.92. The number of hydrogen-bond donors (Lipinski definition) is 1. The van der Waals surface area contributed by atoms with Gasteiger partial charge in [0.25, 0.3) is 5.69 Å². The molecule has 2 atom stereocenters. The number of hydrogen-bond acceptors (Lipinski definition) is 5. The lowest BCUT2D eigenvalue weighted by atomic mass is 9.96. The van der Waals surface area contributed by atoms with Crippen LogP contribution < -0.4 is 4.90 Å². The lowest BCUT2D eigenvalue weighted by molar-refractivity contribution is -0.385. The fourth-order valence-electron chi connectivity index (χ4n) is 3.83. The Morgan fingerprint density at radius 1 is 1.30 bits per heavy atom. The van der Waals surface area contributed by atoms with Gasteiger partial charge in [0, 0.05) is 50.0 Å². The Balaban J connectivity index is 1.64. The molecule has 0 aromatic heterocycles. The molecule has 0 spiro atoms. The molecule has 6 nitrogen and oxygen atoms in total. The molecule has 6 heteroatoms. The van der Waals surface area contributed by atoms with Gasteiger partial charge in [-0.2, -0.15) is 0 Å². The predicted octanol–water partition coefficient (Wildman–Crippen LogP) is 2.19. The number of piperidine rings is 1. The number of aliphatic hydroxyl groups excluding tert-OH is 1. The van der Waals surface area contributed by atoms with E-state index in [0.29, 0.717) is 5.92 Å². The smallest absolute Gasteiger partial charge is 0.272 e. The van der Waals surface area contributed by atoms with E-state index in [9.17, 15) is 15.2 Å². The molecule has 23 heavy (non-hydrogen) atoms. The summed E-state index contributed by atoms with van der Waals surface area (Å²) in [5, 5.41) is 20.6. The summed E-state index contributed by atoms with van der Waals surface area (Å²) in [6.07, 6.45) is 3.09. The van der Waals surface area contributed by atoms with Crippen molar-refractivity contribution in [2.45, 2.75) is 32.3 Å². The first-order valence-electron chi connectivity index (χ1n) is 8.43. The Morgan fingerprint density at radius 3 is 2.78 bits per heavy atom. The fourth-order valence-corrected chi connectivity index (χ4v) is 3.83. The molecule has 0 aliphatic carbocycles. The van der Waals surface area contributed by atoms with Gasteiger partial charge in [0.1, 0.15) is 0 Å². The van der Waals surface area contributed by atoms with Crippen molar-refractivity contribution in [3.63, 3.8) is 0 Å². The van der Waals surface area contributed by atoms with Gasteiger partial charge in [0.2, 0.25) is 0 Å². The highest BCUT2D eigenvalue weighted by Crippen LogP contribution is 2.28. The maximum atomic E-state index is 10.9. The van der Waals surface area contributed by atoms with E-state index in [-0.39, 0.29) is 16.7 Å². The van der Waals surface area contributed by atoms with Crippen molar-refractivity contribution >= 4 is 11.4 Å².